The Kier molecular flexibility index (Phi) is 5.63. The van der Waals surface area contributed by atoms with Crippen molar-refractivity contribution in [1.29, 1.82) is 0 Å². The molecule has 2 heterocycles. The molecule has 1 aromatic carbocycles. The lowest BCUT2D eigenvalue weighted by Crippen LogP contribution is -2.47. The number of rotatable bonds is 4. The first-order chi connectivity index (χ1) is 11.7. The molecule has 6 nitrogen and oxygen atoms in total. The molecule has 1 fully saturated rings. The summed E-state index contributed by atoms with van der Waals surface area (Å²) >= 11 is 6.09. The Bertz CT molecular complexity index is 677. The van der Waals surface area contributed by atoms with E-state index in [2.05, 4.69) is 15.2 Å². The van der Waals surface area contributed by atoms with Crippen molar-refractivity contribution >= 4 is 29.0 Å². The average molecular weight is 347 g/mol. The van der Waals surface area contributed by atoms with E-state index in [1.807, 2.05) is 12.1 Å². The van der Waals surface area contributed by atoms with E-state index < -0.39 is 0 Å². The summed E-state index contributed by atoms with van der Waals surface area (Å²) in [4.78, 5) is 20.6. The maximum absolute atomic E-state index is 12.8. The summed E-state index contributed by atoms with van der Waals surface area (Å²) in [5.74, 6) is 0. The summed E-state index contributed by atoms with van der Waals surface area (Å²) < 4.78 is 5.37. The van der Waals surface area contributed by atoms with Crippen LogP contribution < -0.4 is 10.2 Å². The van der Waals surface area contributed by atoms with Crippen LogP contribution in [0.1, 0.15) is 0 Å². The zero-order valence-electron chi connectivity index (χ0n) is 13.2. The SMILES string of the molecule is O=C(Nc1cccnc1)N(CN1CCOCC1)c1cccc(Cl)c1. The van der Waals surface area contributed by atoms with Crippen LogP contribution >= 0.6 is 11.6 Å². The van der Waals surface area contributed by atoms with Gasteiger partial charge in [-0.05, 0) is 30.3 Å². The largest absolute Gasteiger partial charge is 0.379 e. The molecule has 1 saturated heterocycles. The minimum Gasteiger partial charge on any atom is -0.379 e. The second kappa shape index (κ2) is 8.10. The second-order valence-electron chi connectivity index (χ2n) is 5.45. The monoisotopic (exact) mass is 346 g/mol. The van der Waals surface area contributed by atoms with E-state index in [1.165, 1.54) is 0 Å². The molecule has 2 amide bonds. The highest BCUT2D eigenvalue weighted by Gasteiger charge is 2.21. The molecule has 3 rings (SSSR count). The Hall–Kier alpha value is -2.15. The van der Waals surface area contributed by atoms with Gasteiger partial charge in [0.1, 0.15) is 0 Å². The molecule has 126 valence electrons. The number of ether oxygens (including phenoxy) is 1. The standard InChI is InChI=1S/C17H19ClN4O2/c18-14-3-1-5-16(11-14)22(13-21-7-9-24-10-8-21)17(23)20-15-4-2-6-19-12-15/h1-6,11-12H,7-10,13H2,(H,20,23). The van der Waals surface area contributed by atoms with E-state index in [4.69, 9.17) is 16.3 Å². The molecule has 0 saturated carbocycles. The quantitative estimate of drug-likeness (QED) is 0.924. The number of nitrogens with zero attached hydrogens (tertiary/aromatic N) is 3. The van der Waals surface area contributed by atoms with Crippen LogP contribution in [0.2, 0.25) is 5.02 Å². The van der Waals surface area contributed by atoms with Gasteiger partial charge in [-0.25, -0.2) is 4.79 Å². The number of morpholine rings is 1. The van der Waals surface area contributed by atoms with Gasteiger partial charge in [-0.1, -0.05) is 17.7 Å². The van der Waals surface area contributed by atoms with Gasteiger partial charge in [-0.2, -0.15) is 0 Å². The molecule has 1 N–H and O–H groups in total. The first kappa shape index (κ1) is 16.7. The van der Waals surface area contributed by atoms with Crippen LogP contribution in [0.15, 0.2) is 48.8 Å². The van der Waals surface area contributed by atoms with Gasteiger partial charge in [0, 0.05) is 30.0 Å². The van der Waals surface area contributed by atoms with Crippen LogP contribution in [0.5, 0.6) is 0 Å². The molecule has 1 aromatic heterocycles. The number of urea groups is 1. The predicted octanol–water partition coefficient (Wildman–Crippen LogP) is 3.06. The summed E-state index contributed by atoms with van der Waals surface area (Å²) in [7, 11) is 0. The number of aromatic nitrogens is 1. The molecule has 0 radical (unpaired) electrons. The number of hydrogen-bond acceptors (Lipinski definition) is 4. The number of carbonyl (C=O) groups is 1. The zero-order chi connectivity index (χ0) is 16.8. The third-order valence-corrected chi connectivity index (χ3v) is 3.96. The van der Waals surface area contributed by atoms with Crippen molar-refractivity contribution in [2.45, 2.75) is 0 Å². The van der Waals surface area contributed by atoms with Gasteiger partial charge in [0.05, 0.1) is 31.8 Å². The second-order valence-corrected chi connectivity index (χ2v) is 5.89. The van der Waals surface area contributed by atoms with Gasteiger partial charge < -0.3 is 10.1 Å². The highest BCUT2D eigenvalue weighted by atomic mass is 35.5. The number of pyridine rings is 1. The highest BCUT2D eigenvalue weighted by molar-refractivity contribution is 6.31. The fraction of sp³-hybridized carbons (Fsp3) is 0.294. The first-order valence-electron chi connectivity index (χ1n) is 7.76. The lowest BCUT2D eigenvalue weighted by molar-refractivity contribution is 0.0389. The van der Waals surface area contributed by atoms with Crippen molar-refractivity contribution in [2.24, 2.45) is 0 Å². The molecule has 0 unspecified atom stereocenters. The minimum absolute atomic E-state index is 0.225. The molecule has 0 bridgehead atoms. The average Bonchev–Trinajstić information content (AvgIpc) is 2.61. The summed E-state index contributed by atoms with van der Waals surface area (Å²) in [5, 5.41) is 3.46. The smallest absolute Gasteiger partial charge is 0.327 e. The lowest BCUT2D eigenvalue weighted by atomic mass is 10.3. The summed E-state index contributed by atoms with van der Waals surface area (Å²) in [6, 6.07) is 10.6. The zero-order valence-corrected chi connectivity index (χ0v) is 13.9. The maximum Gasteiger partial charge on any atom is 0.327 e. The molecular weight excluding hydrogens is 328 g/mol. The molecule has 0 spiro atoms. The molecule has 7 heteroatoms. The molecular formula is C17H19ClN4O2. The van der Waals surface area contributed by atoms with Gasteiger partial charge in [0.2, 0.25) is 0 Å². The van der Waals surface area contributed by atoms with E-state index in [0.717, 1.165) is 18.8 Å². The number of amides is 2. The normalized spacial score (nSPS) is 15.0. The van der Waals surface area contributed by atoms with Gasteiger partial charge in [0.15, 0.2) is 0 Å². The van der Waals surface area contributed by atoms with E-state index in [1.54, 1.807) is 41.6 Å². The van der Waals surface area contributed by atoms with Crippen LogP contribution in [0.25, 0.3) is 0 Å². The van der Waals surface area contributed by atoms with Gasteiger partial charge >= 0.3 is 6.03 Å². The van der Waals surface area contributed by atoms with Crippen LogP contribution in [0.3, 0.4) is 0 Å². The molecule has 1 aliphatic heterocycles. The van der Waals surface area contributed by atoms with E-state index in [9.17, 15) is 4.79 Å². The van der Waals surface area contributed by atoms with E-state index in [0.29, 0.717) is 30.6 Å². The van der Waals surface area contributed by atoms with Crippen molar-refractivity contribution in [1.82, 2.24) is 9.88 Å². The molecule has 0 atom stereocenters. The van der Waals surface area contributed by atoms with Crippen LogP contribution in [-0.4, -0.2) is 48.9 Å². The van der Waals surface area contributed by atoms with Crippen LogP contribution in [0.4, 0.5) is 16.2 Å². The molecule has 1 aliphatic rings. The van der Waals surface area contributed by atoms with Crippen LogP contribution in [-0.2, 0) is 4.74 Å². The molecule has 2 aromatic rings. The van der Waals surface area contributed by atoms with Crippen molar-refractivity contribution in [3.8, 4) is 0 Å². The van der Waals surface area contributed by atoms with Crippen molar-refractivity contribution < 1.29 is 9.53 Å². The third-order valence-electron chi connectivity index (χ3n) is 3.72. The Morgan fingerprint density at radius 3 is 2.83 bits per heavy atom. The van der Waals surface area contributed by atoms with E-state index in [-0.39, 0.29) is 6.03 Å². The van der Waals surface area contributed by atoms with Crippen molar-refractivity contribution in [3.05, 3.63) is 53.8 Å². The Morgan fingerprint density at radius 1 is 1.29 bits per heavy atom. The predicted molar refractivity (Wildman–Crippen MR) is 94.4 cm³/mol. The number of benzene rings is 1. The highest BCUT2D eigenvalue weighted by Crippen LogP contribution is 2.21. The molecule has 0 aliphatic carbocycles. The summed E-state index contributed by atoms with van der Waals surface area (Å²) in [6.07, 6.45) is 3.28. The summed E-state index contributed by atoms with van der Waals surface area (Å²) in [5.41, 5.74) is 1.40. The number of carbonyl (C=O) groups excluding carboxylic acids is 1. The first-order valence-corrected chi connectivity index (χ1v) is 8.14. The number of nitrogens with one attached hydrogen (secondary N) is 1. The van der Waals surface area contributed by atoms with Crippen molar-refractivity contribution in [2.75, 3.05) is 43.2 Å². The van der Waals surface area contributed by atoms with Gasteiger partial charge in [-0.3, -0.25) is 14.8 Å². The summed E-state index contributed by atoms with van der Waals surface area (Å²) in [6.45, 7) is 3.39. The third kappa shape index (κ3) is 4.44. The maximum atomic E-state index is 12.8. The number of anilines is 2. The number of halogens is 1. The topological polar surface area (TPSA) is 57.7 Å². The lowest BCUT2D eigenvalue weighted by Gasteiger charge is -2.33. The van der Waals surface area contributed by atoms with Crippen molar-refractivity contribution in [3.63, 3.8) is 0 Å². The minimum atomic E-state index is -0.225. The van der Waals surface area contributed by atoms with Gasteiger partial charge in [0.25, 0.3) is 0 Å². The fourth-order valence-electron chi connectivity index (χ4n) is 2.48. The Morgan fingerprint density at radius 2 is 2.12 bits per heavy atom. The van der Waals surface area contributed by atoms with Crippen LogP contribution in [0, 0.1) is 0 Å². The molecule has 24 heavy (non-hydrogen) atoms. The fourth-order valence-corrected chi connectivity index (χ4v) is 2.66. The van der Waals surface area contributed by atoms with Gasteiger partial charge in [-0.15, -0.1) is 0 Å². The van der Waals surface area contributed by atoms with E-state index >= 15 is 0 Å². The Labute approximate surface area is 146 Å². The number of hydrogen-bond donors (Lipinski definition) is 1. The Balaban J connectivity index is 1.79.